The van der Waals surface area contributed by atoms with Crippen molar-refractivity contribution >= 4 is 39.1 Å². The Morgan fingerprint density at radius 3 is 2.81 bits per heavy atom. The number of aromatic nitrogens is 1. The summed E-state index contributed by atoms with van der Waals surface area (Å²) in [7, 11) is 0. The lowest BCUT2D eigenvalue weighted by Gasteiger charge is -2.33. The number of amides is 2. The van der Waals surface area contributed by atoms with Crippen LogP contribution in [0, 0.1) is 0 Å². The van der Waals surface area contributed by atoms with E-state index >= 15 is 0 Å². The Bertz CT molecular complexity index is 952. The summed E-state index contributed by atoms with van der Waals surface area (Å²) in [5, 5.41) is 3.70. The van der Waals surface area contributed by atoms with Crippen molar-refractivity contribution in [2.75, 3.05) is 11.4 Å². The second-order valence-electron chi connectivity index (χ2n) is 6.00. The lowest BCUT2D eigenvalue weighted by atomic mass is 10.1. The highest BCUT2D eigenvalue weighted by molar-refractivity contribution is 7.18. The van der Waals surface area contributed by atoms with E-state index in [4.69, 9.17) is 4.74 Å². The van der Waals surface area contributed by atoms with Gasteiger partial charge >= 0.3 is 0 Å². The first-order valence-corrected chi connectivity index (χ1v) is 9.09. The second kappa shape index (κ2) is 6.76. The van der Waals surface area contributed by atoms with E-state index < -0.39 is 6.10 Å². The van der Waals surface area contributed by atoms with E-state index in [1.807, 2.05) is 42.5 Å². The molecule has 1 aromatic heterocycles. The number of hydrogen-bond donors (Lipinski definition) is 1. The van der Waals surface area contributed by atoms with E-state index in [9.17, 15) is 9.59 Å². The van der Waals surface area contributed by atoms with E-state index in [0.717, 1.165) is 15.2 Å². The zero-order chi connectivity index (χ0) is 18.1. The van der Waals surface area contributed by atoms with Gasteiger partial charge < -0.3 is 15.0 Å². The fraction of sp³-hybridized carbons (Fsp3) is 0.211. The quantitative estimate of drug-likeness (QED) is 0.773. The molecule has 2 aromatic carbocycles. The molecule has 2 heterocycles. The summed E-state index contributed by atoms with van der Waals surface area (Å²) < 4.78 is 6.88. The van der Waals surface area contributed by atoms with E-state index in [-0.39, 0.29) is 18.4 Å². The van der Waals surface area contributed by atoms with Crippen LogP contribution in [0.1, 0.15) is 11.9 Å². The van der Waals surface area contributed by atoms with Crippen molar-refractivity contribution in [2.24, 2.45) is 0 Å². The maximum absolute atomic E-state index is 12.6. The predicted octanol–water partition coefficient (Wildman–Crippen LogP) is 2.73. The van der Waals surface area contributed by atoms with Gasteiger partial charge in [0.2, 0.25) is 5.91 Å². The first-order chi connectivity index (χ1) is 12.6. The van der Waals surface area contributed by atoms with Gasteiger partial charge in [-0.3, -0.25) is 9.59 Å². The summed E-state index contributed by atoms with van der Waals surface area (Å²) in [5.41, 5.74) is 1.61. The summed E-state index contributed by atoms with van der Waals surface area (Å²) in [6.45, 7) is 2.01. The molecule has 0 saturated carbocycles. The topological polar surface area (TPSA) is 71.5 Å². The monoisotopic (exact) mass is 367 g/mol. The van der Waals surface area contributed by atoms with Crippen molar-refractivity contribution < 1.29 is 14.3 Å². The Balaban J connectivity index is 1.47. The normalized spacial score (nSPS) is 16.0. The number of nitrogens with zero attached hydrogens (tertiary/aromatic N) is 2. The number of para-hydroxylation sites is 3. The number of benzene rings is 2. The molecular weight excluding hydrogens is 350 g/mol. The Morgan fingerprint density at radius 1 is 1.23 bits per heavy atom. The lowest BCUT2D eigenvalue weighted by molar-refractivity contribution is -0.128. The Labute approximate surface area is 154 Å². The minimum Gasteiger partial charge on any atom is -0.477 e. The summed E-state index contributed by atoms with van der Waals surface area (Å²) in [5.74, 6) is 0.156. The molecule has 0 radical (unpaired) electrons. The number of carbonyl (C=O) groups excluding carboxylic acids is 2. The van der Waals surface area contributed by atoms with E-state index in [0.29, 0.717) is 18.0 Å². The number of thiazole rings is 1. The molecule has 1 atom stereocenters. The molecular formula is C19H17N3O3S. The Kier molecular flexibility index (Phi) is 4.30. The number of anilines is 1. The van der Waals surface area contributed by atoms with Crippen LogP contribution in [0.15, 0.2) is 48.5 Å². The van der Waals surface area contributed by atoms with Crippen molar-refractivity contribution in [1.29, 1.82) is 0 Å². The largest absolute Gasteiger partial charge is 0.477 e. The van der Waals surface area contributed by atoms with Crippen molar-refractivity contribution in [2.45, 2.75) is 19.6 Å². The summed E-state index contributed by atoms with van der Waals surface area (Å²) in [6, 6.07) is 15.1. The highest BCUT2D eigenvalue weighted by Gasteiger charge is 2.32. The molecule has 1 aliphatic heterocycles. The van der Waals surface area contributed by atoms with Crippen molar-refractivity contribution in [3.05, 3.63) is 53.5 Å². The van der Waals surface area contributed by atoms with Gasteiger partial charge in [-0.25, -0.2) is 4.98 Å². The standard InChI is InChI=1S/C19H17N3O3S/c1-12(23)22-11-16(25-15-8-4-3-7-14(15)22)19(24)20-10-18-21-13-6-2-5-9-17(13)26-18/h2-9,16H,10-11H2,1H3,(H,20,24). The number of carbonyl (C=O) groups is 2. The highest BCUT2D eigenvalue weighted by Crippen LogP contribution is 2.33. The lowest BCUT2D eigenvalue weighted by Crippen LogP contribution is -2.50. The van der Waals surface area contributed by atoms with Gasteiger partial charge in [0.05, 0.1) is 29.0 Å². The first kappa shape index (κ1) is 16.5. The number of hydrogen-bond acceptors (Lipinski definition) is 5. The molecule has 132 valence electrons. The number of rotatable bonds is 3. The van der Waals surface area contributed by atoms with Crippen LogP contribution in [-0.4, -0.2) is 29.4 Å². The van der Waals surface area contributed by atoms with Crippen LogP contribution < -0.4 is 15.0 Å². The molecule has 1 unspecified atom stereocenters. The molecule has 26 heavy (non-hydrogen) atoms. The SMILES string of the molecule is CC(=O)N1CC(C(=O)NCc2nc3ccccc3s2)Oc2ccccc21. The Morgan fingerprint density at radius 2 is 2.00 bits per heavy atom. The first-order valence-electron chi connectivity index (χ1n) is 8.28. The van der Waals surface area contributed by atoms with Crippen LogP contribution in [0.3, 0.4) is 0 Å². The molecule has 0 bridgehead atoms. The van der Waals surface area contributed by atoms with E-state index in [1.165, 1.54) is 6.92 Å². The maximum atomic E-state index is 12.6. The van der Waals surface area contributed by atoms with Gasteiger partial charge in [0.25, 0.3) is 5.91 Å². The molecule has 0 aliphatic carbocycles. The van der Waals surface area contributed by atoms with Crippen LogP contribution >= 0.6 is 11.3 Å². The molecule has 4 rings (SSSR count). The van der Waals surface area contributed by atoms with Crippen molar-refractivity contribution in [3.63, 3.8) is 0 Å². The molecule has 7 heteroatoms. The smallest absolute Gasteiger partial charge is 0.263 e. The van der Waals surface area contributed by atoms with Gasteiger partial charge in [0, 0.05) is 6.92 Å². The molecule has 1 N–H and O–H groups in total. The van der Waals surface area contributed by atoms with Gasteiger partial charge in [0.1, 0.15) is 10.8 Å². The highest BCUT2D eigenvalue weighted by atomic mass is 32.1. The minimum atomic E-state index is -0.747. The van der Waals surface area contributed by atoms with Crippen molar-refractivity contribution in [3.8, 4) is 5.75 Å². The van der Waals surface area contributed by atoms with E-state index in [2.05, 4.69) is 10.3 Å². The van der Waals surface area contributed by atoms with Gasteiger partial charge in [-0.15, -0.1) is 11.3 Å². The van der Waals surface area contributed by atoms with Crippen LogP contribution in [0.2, 0.25) is 0 Å². The molecule has 6 nitrogen and oxygen atoms in total. The average Bonchev–Trinajstić information content (AvgIpc) is 3.08. The van der Waals surface area contributed by atoms with E-state index in [1.54, 1.807) is 22.3 Å². The predicted molar refractivity (Wildman–Crippen MR) is 100 cm³/mol. The van der Waals surface area contributed by atoms with Crippen LogP contribution in [0.5, 0.6) is 5.75 Å². The second-order valence-corrected chi connectivity index (χ2v) is 7.11. The van der Waals surface area contributed by atoms with Gasteiger partial charge in [-0.1, -0.05) is 24.3 Å². The number of ether oxygens (including phenoxy) is 1. The van der Waals surface area contributed by atoms with Crippen molar-refractivity contribution in [1.82, 2.24) is 10.3 Å². The summed E-state index contributed by atoms with van der Waals surface area (Å²) in [4.78, 5) is 30.6. The average molecular weight is 367 g/mol. The third kappa shape index (κ3) is 3.13. The number of fused-ring (bicyclic) bond motifs is 2. The number of nitrogens with one attached hydrogen (secondary N) is 1. The fourth-order valence-corrected chi connectivity index (χ4v) is 3.85. The minimum absolute atomic E-state index is 0.121. The Hall–Kier alpha value is -2.93. The van der Waals surface area contributed by atoms with Gasteiger partial charge in [0.15, 0.2) is 6.10 Å². The third-order valence-corrected chi connectivity index (χ3v) is 5.23. The fourth-order valence-electron chi connectivity index (χ4n) is 2.94. The molecule has 0 fully saturated rings. The third-order valence-electron chi connectivity index (χ3n) is 4.20. The summed E-state index contributed by atoms with van der Waals surface area (Å²) >= 11 is 1.55. The molecule has 0 saturated heterocycles. The molecule has 1 aliphatic rings. The van der Waals surface area contributed by atoms with Crippen LogP contribution in [0.25, 0.3) is 10.2 Å². The summed E-state index contributed by atoms with van der Waals surface area (Å²) in [6.07, 6.45) is -0.747. The molecule has 3 aromatic rings. The zero-order valence-electron chi connectivity index (χ0n) is 14.1. The van der Waals surface area contributed by atoms with Crippen LogP contribution in [0.4, 0.5) is 5.69 Å². The van der Waals surface area contributed by atoms with Gasteiger partial charge in [-0.05, 0) is 24.3 Å². The van der Waals surface area contributed by atoms with Gasteiger partial charge in [-0.2, -0.15) is 0 Å². The van der Waals surface area contributed by atoms with Crippen LogP contribution in [-0.2, 0) is 16.1 Å². The molecule has 2 amide bonds. The maximum Gasteiger partial charge on any atom is 0.263 e. The molecule has 0 spiro atoms. The zero-order valence-corrected chi connectivity index (χ0v) is 15.0.